The van der Waals surface area contributed by atoms with Gasteiger partial charge in [0.25, 0.3) is 0 Å². The Morgan fingerprint density at radius 3 is 2.67 bits per heavy atom. The molecule has 2 rings (SSSR count). The summed E-state index contributed by atoms with van der Waals surface area (Å²) in [7, 11) is 0. The van der Waals surface area contributed by atoms with Crippen molar-refractivity contribution < 1.29 is 9.63 Å². The van der Waals surface area contributed by atoms with Gasteiger partial charge >= 0.3 is 0 Å². The van der Waals surface area contributed by atoms with Gasteiger partial charge in [-0.15, -0.1) is 5.10 Å². The lowest BCUT2D eigenvalue weighted by atomic mass is 10.1. The van der Waals surface area contributed by atoms with Gasteiger partial charge in [-0.25, -0.2) is 0 Å². The van der Waals surface area contributed by atoms with Crippen LogP contribution in [0.5, 0.6) is 0 Å². The molecule has 78 valence electrons. The van der Waals surface area contributed by atoms with Crippen molar-refractivity contribution in [2.24, 2.45) is 0 Å². The summed E-state index contributed by atoms with van der Waals surface area (Å²) in [5.41, 5.74) is 2.67. The zero-order valence-corrected chi connectivity index (χ0v) is 8.56. The molecule has 5 nitrogen and oxygen atoms in total. The molecule has 1 N–H and O–H groups in total. The molecule has 15 heavy (non-hydrogen) atoms. The Labute approximate surface area is 86.8 Å². The Morgan fingerprint density at radius 2 is 2.07 bits per heavy atom. The molecule has 0 amide bonds. The third-order valence-corrected chi connectivity index (χ3v) is 2.18. The molecule has 5 heteroatoms. The molecule has 0 aromatic carbocycles. The highest BCUT2D eigenvalue weighted by atomic mass is 16.5. The van der Waals surface area contributed by atoms with Crippen LogP contribution in [0.3, 0.4) is 0 Å². The maximum absolute atomic E-state index is 9.16. The highest BCUT2D eigenvalue weighted by molar-refractivity contribution is 5.58. The quantitative estimate of drug-likeness (QED) is 0.798. The average Bonchev–Trinajstić information content (AvgIpc) is 2.61. The van der Waals surface area contributed by atoms with Crippen molar-refractivity contribution in [3.05, 3.63) is 29.2 Å². The monoisotopic (exact) mass is 205 g/mol. The van der Waals surface area contributed by atoms with Gasteiger partial charge in [0.05, 0.1) is 12.3 Å². The topological polar surface area (TPSA) is 72.0 Å². The molecular weight excluding hydrogens is 194 g/mol. The van der Waals surface area contributed by atoms with Gasteiger partial charge in [-0.1, -0.05) is 5.16 Å². The van der Waals surface area contributed by atoms with Crippen molar-refractivity contribution >= 4 is 0 Å². The first kappa shape index (κ1) is 9.79. The average molecular weight is 205 g/mol. The van der Waals surface area contributed by atoms with Crippen molar-refractivity contribution in [3.63, 3.8) is 0 Å². The maximum atomic E-state index is 9.16. The van der Waals surface area contributed by atoms with Crippen molar-refractivity contribution in [1.29, 1.82) is 0 Å². The van der Waals surface area contributed by atoms with Gasteiger partial charge in [0.15, 0.2) is 0 Å². The normalized spacial score (nSPS) is 10.6. The molecular formula is C10H11N3O2. The van der Waals surface area contributed by atoms with Gasteiger partial charge < -0.3 is 9.63 Å². The first-order chi connectivity index (χ1) is 7.22. The first-order valence-electron chi connectivity index (χ1n) is 4.59. The highest BCUT2D eigenvalue weighted by Gasteiger charge is 2.14. The van der Waals surface area contributed by atoms with E-state index in [9.17, 15) is 0 Å². The molecule has 2 aromatic heterocycles. The lowest BCUT2D eigenvalue weighted by molar-refractivity contribution is 0.278. The molecule has 0 atom stereocenters. The lowest BCUT2D eigenvalue weighted by Gasteiger charge is -1.97. The van der Waals surface area contributed by atoms with Crippen LogP contribution < -0.4 is 0 Å². The number of aliphatic hydroxyl groups is 1. The molecule has 2 aromatic rings. The van der Waals surface area contributed by atoms with Crippen LogP contribution in [0.25, 0.3) is 11.4 Å². The summed E-state index contributed by atoms with van der Waals surface area (Å²) in [6.07, 6.45) is 0. The Balaban J connectivity index is 2.49. The summed E-state index contributed by atoms with van der Waals surface area (Å²) in [4.78, 5) is 0. The Kier molecular flexibility index (Phi) is 2.47. The third-order valence-electron chi connectivity index (χ3n) is 2.18. The molecule has 2 heterocycles. The number of rotatable bonds is 2. The molecule has 0 bridgehead atoms. The van der Waals surface area contributed by atoms with Crippen molar-refractivity contribution in [3.8, 4) is 11.4 Å². The number of aromatic nitrogens is 3. The number of nitrogens with zero attached hydrogens (tertiary/aromatic N) is 3. The number of aryl methyl sites for hydroxylation is 2. The molecule has 0 unspecified atom stereocenters. The second-order valence-corrected chi connectivity index (χ2v) is 3.28. The fourth-order valence-corrected chi connectivity index (χ4v) is 1.30. The zero-order chi connectivity index (χ0) is 10.8. The molecule has 0 fully saturated rings. The van der Waals surface area contributed by atoms with Crippen LogP contribution in [-0.2, 0) is 6.61 Å². The van der Waals surface area contributed by atoms with E-state index in [1.165, 1.54) is 0 Å². The summed E-state index contributed by atoms with van der Waals surface area (Å²) in [5, 5.41) is 20.9. The first-order valence-corrected chi connectivity index (χ1v) is 4.59. The number of hydrogen-bond donors (Lipinski definition) is 1. The van der Waals surface area contributed by atoms with Gasteiger partial charge in [0.1, 0.15) is 17.1 Å². The second kappa shape index (κ2) is 3.78. The predicted octanol–water partition coefficient (Wildman–Crippen LogP) is 1.24. The SMILES string of the molecule is Cc1ccc(-c2noc(C)c2CO)nn1. The van der Waals surface area contributed by atoms with Crippen LogP contribution in [0.2, 0.25) is 0 Å². The standard InChI is InChI=1S/C10H11N3O2/c1-6-3-4-9(12-11-6)10-8(5-14)7(2)15-13-10/h3-4,14H,5H2,1-2H3. The minimum Gasteiger partial charge on any atom is -0.391 e. The maximum Gasteiger partial charge on any atom is 0.139 e. The van der Waals surface area contributed by atoms with Crippen LogP contribution in [0.15, 0.2) is 16.7 Å². The predicted molar refractivity (Wildman–Crippen MR) is 52.9 cm³/mol. The zero-order valence-electron chi connectivity index (χ0n) is 8.56. The molecule has 0 saturated heterocycles. The van der Waals surface area contributed by atoms with Gasteiger partial charge in [0.2, 0.25) is 0 Å². The van der Waals surface area contributed by atoms with E-state index >= 15 is 0 Å². The molecule has 0 saturated carbocycles. The van der Waals surface area contributed by atoms with Crippen LogP contribution in [0, 0.1) is 13.8 Å². The van der Waals surface area contributed by atoms with Gasteiger partial charge in [-0.2, -0.15) is 5.10 Å². The fraction of sp³-hybridized carbons (Fsp3) is 0.300. The van der Waals surface area contributed by atoms with Gasteiger partial charge in [-0.05, 0) is 26.0 Å². The fourth-order valence-electron chi connectivity index (χ4n) is 1.30. The third kappa shape index (κ3) is 1.73. The van der Waals surface area contributed by atoms with E-state index in [4.69, 9.17) is 9.63 Å². The number of hydrogen-bond acceptors (Lipinski definition) is 5. The summed E-state index contributed by atoms with van der Waals surface area (Å²) >= 11 is 0. The van der Waals surface area contributed by atoms with E-state index in [0.717, 1.165) is 5.69 Å². The van der Waals surface area contributed by atoms with Crippen molar-refractivity contribution in [1.82, 2.24) is 15.4 Å². The van der Waals surface area contributed by atoms with E-state index in [-0.39, 0.29) is 6.61 Å². The van der Waals surface area contributed by atoms with E-state index in [0.29, 0.717) is 22.7 Å². The summed E-state index contributed by atoms with van der Waals surface area (Å²) in [6, 6.07) is 3.65. The summed E-state index contributed by atoms with van der Waals surface area (Å²) in [5.74, 6) is 0.606. The Hall–Kier alpha value is -1.75. The van der Waals surface area contributed by atoms with Gasteiger partial charge in [-0.3, -0.25) is 0 Å². The van der Waals surface area contributed by atoms with E-state index in [1.807, 2.05) is 13.0 Å². The second-order valence-electron chi connectivity index (χ2n) is 3.28. The van der Waals surface area contributed by atoms with E-state index < -0.39 is 0 Å². The molecule has 0 spiro atoms. The van der Waals surface area contributed by atoms with E-state index in [2.05, 4.69) is 15.4 Å². The molecule has 0 aliphatic carbocycles. The minimum atomic E-state index is -0.111. The van der Waals surface area contributed by atoms with Gasteiger partial charge in [0, 0.05) is 5.56 Å². The number of aliphatic hydroxyl groups excluding tert-OH is 1. The molecule has 0 aliphatic rings. The van der Waals surface area contributed by atoms with E-state index in [1.54, 1.807) is 13.0 Å². The minimum absolute atomic E-state index is 0.111. The summed E-state index contributed by atoms with van der Waals surface area (Å²) in [6.45, 7) is 3.50. The Bertz CT molecular complexity index is 462. The van der Waals surface area contributed by atoms with Crippen LogP contribution >= 0.6 is 0 Å². The Morgan fingerprint density at radius 1 is 1.27 bits per heavy atom. The van der Waals surface area contributed by atoms with Crippen LogP contribution in [-0.4, -0.2) is 20.5 Å². The highest BCUT2D eigenvalue weighted by Crippen LogP contribution is 2.22. The van der Waals surface area contributed by atoms with Crippen molar-refractivity contribution in [2.45, 2.75) is 20.5 Å². The molecule has 0 radical (unpaired) electrons. The van der Waals surface area contributed by atoms with Crippen molar-refractivity contribution in [2.75, 3.05) is 0 Å². The molecule has 0 aliphatic heterocycles. The lowest BCUT2D eigenvalue weighted by Crippen LogP contribution is -1.93. The smallest absolute Gasteiger partial charge is 0.139 e. The largest absolute Gasteiger partial charge is 0.391 e. The van der Waals surface area contributed by atoms with Crippen LogP contribution in [0.4, 0.5) is 0 Å². The van der Waals surface area contributed by atoms with Crippen LogP contribution in [0.1, 0.15) is 17.0 Å². The summed E-state index contributed by atoms with van der Waals surface area (Å²) < 4.78 is 4.99.